The standard InChI is InChI=1S/C14H25N3O/c1-4-6-7-8-10-18-14-11-13(15-3)16-12(17-14)9-5-2/h11H,4-10H2,1-3H3,(H,15,16,17). The molecule has 1 aromatic rings. The molecule has 0 radical (unpaired) electrons. The third-order valence-corrected chi connectivity index (χ3v) is 2.73. The van der Waals surface area contributed by atoms with Crippen molar-refractivity contribution in [2.24, 2.45) is 0 Å². The fourth-order valence-corrected chi connectivity index (χ4v) is 1.72. The van der Waals surface area contributed by atoms with E-state index in [1.807, 2.05) is 13.1 Å². The van der Waals surface area contributed by atoms with Crippen molar-refractivity contribution in [2.75, 3.05) is 19.0 Å². The van der Waals surface area contributed by atoms with Crippen molar-refractivity contribution in [3.05, 3.63) is 11.9 Å². The van der Waals surface area contributed by atoms with E-state index in [2.05, 4.69) is 29.1 Å². The van der Waals surface area contributed by atoms with E-state index in [1.54, 1.807) is 0 Å². The number of hydrogen-bond acceptors (Lipinski definition) is 4. The zero-order chi connectivity index (χ0) is 13.2. The summed E-state index contributed by atoms with van der Waals surface area (Å²) >= 11 is 0. The molecular weight excluding hydrogens is 226 g/mol. The zero-order valence-electron chi connectivity index (χ0n) is 11.8. The molecule has 4 heteroatoms. The van der Waals surface area contributed by atoms with Gasteiger partial charge in [0.2, 0.25) is 5.88 Å². The SMILES string of the molecule is CCCCCCOc1cc(NC)nc(CCC)n1. The van der Waals surface area contributed by atoms with Crippen LogP contribution < -0.4 is 10.1 Å². The van der Waals surface area contributed by atoms with E-state index >= 15 is 0 Å². The Hall–Kier alpha value is -1.32. The monoisotopic (exact) mass is 251 g/mol. The first kappa shape index (κ1) is 14.7. The number of nitrogens with zero attached hydrogens (tertiary/aromatic N) is 2. The van der Waals surface area contributed by atoms with Gasteiger partial charge in [-0.15, -0.1) is 0 Å². The fraction of sp³-hybridized carbons (Fsp3) is 0.714. The van der Waals surface area contributed by atoms with E-state index in [1.165, 1.54) is 19.3 Å². The largest absolute Gasteiger partial charge is 0.478 e. The predicted octanol–water partition coefficient (Wildman–Crippen LogP) is 3.43. The molecule has 0 aromatic carbocycles. The quantitative estimate of drug-likeness (QED) is 0.683. The number of nitrogens with one attached hydrogen (secondary N) is 1. The minimum Gasteiger partial charge on any atom is -0.478 e. The third-order valence-electron chi connectivity index (χ3n) is 2.73. The van der Waals surface area contributed by atoms with Crippen molar-refractivity contribution in [3.63, 3.8) is 0 Å². The molecule has 102 valence electrons. The molecule has 1 N–H and O–H groups in total. The highest BCUT2D eigenvalue weighted by atomic mass is 16.5. The maximum Gasteiger partial charge on any atom is 0.218 e. The minimum absolute atomic E-state index is 0.689. The number of hydrogen-bond donors (Lipinski definition) is 1. The number of aromatic nitrogens is 2. The Kier molecular flexibility index (Phi) is 7.14. The number of ether oxygens (including phenoxy) is 1. The highest BCUT2D eigenvalue weighted by molar-refractivity contribution is 5.37. The Morgan fingerprint density at radius 1 is 1.11 bits per heavy atom. The average molecular weight is 251 g/mol. The lowest BCUT2D eigenvalue weighted by Crippen LogP contribution is -2.05. The van der Waals surface area contributed by atoms with Gasteiger partial charge in [-0.1, -0.05) is 33.1 Å². The van der Waals surface area contributed by atoms with Gasteiger partial charge in [0, 0.05) is 19.5 Å². The summed E-state index contributed by atoms with van der Waals surface area (Å²) in [5, 5.41) is 3.05. The fourth-order valence-electron chi connectivity index (χ4n) is 1.72. The first-order valence-corrected chi connectivity index (χ1v) is 6.98. The number of unbranched alkanes of at least 4 members (excludes halogenated alkanes) is 3. The lowest BCUT2D eigenvalue weighted by molar-refractivity contribution is 0.292. The van der Waals surface area contributed by atoms with E-state index < -0.39 is 0 Å². The molecule has 4 nitrogen and oxygen atoms in total. The Morgan fingerprint density at radius 3 is 2.61 bits per heavy atom. The van der Waals surface area contributed by atoms with Crippen LogP contribution in [0, 0.1) is 0 Å². The van der Waals surface area contributed by atoms with Gasteiger partial charge in [0.1, 0.15) is 11.6 Å². The van der Waals surface area contributed by atoms with Gasteiger partial charge in [0.15, 0.2) is 0 Å². The summed E-state index contributed by atoms with van der Waals surface area (Å²) in [6.07, 6.45) is 6.77. The Balaban J connectivity index is 2.50. The molecule has 0 saturated carbocycles. The molecule has 0 atom stereocenters. The maximum atomic E-state index is 5.69. The molecule has 0 spiro atoms. The molecule has 0 fully saturated rings. The molecule has 0 aliphatic carbocycles. The summed E-state index contributed by atoms with van der Waals surface area (Å²) in [4.78, 5) is 8.81. The molecule has 18 heavy (non-hydrogen) atoms. The maximum absolute atomic E-state index is 5.69. The summed E-state index contributed by atoms with van der Waals surface area (Å²) in [6, 6.07) is 1.86. The summed E-state index contributed by atoms with van der Waals surface area (Å²) in [7, 11) is 1.86. The summed E-state index contributed by atoms with van der Waals surface area (Å²) in [5.41, 5.74) is 0. The molecule has 0 amide bonds. The van der Waals surface area contributed by atoms with Crippen LogP contribution in [0.25, 0.3) is 0 Å². The van der Waals surface area contributed by atoms with Crippen LogP contribution in [0.2, 0.25) is 0 Å². The second kappa shape index (κ2) is 8.72. The van der Waals surface area contributed by atoms with Crippen molar-refractivity contribution in [2.45, 2.75) is 52.4 Å². The van der Waals surface area contributed by atoms with E-state index in [4.69, 9.17) is 4.74 Å². The van der Waals surface area contributed by atoms with Gasteiger partial charge in [0.05, 0.1) is 6.61 Å². The molecule has 0 aliphatic heterocycles. The molecule has 0 aliphatic rings. The van der Waals surface area contributed by atoms with Crippen molar-refractivity contribution in [1.82, 2.24) is 9.97 Å². The van der Waals surface area contributed by atoms with Crippen LogP contribution in [0.15, 0.2) is 6.07 Å². The van der Waals surface area contributed by atoms with Gasteiger partial charge in [-0.3, -0.25) is 0 Å². The lowest BCUT2D eigenvalue weighted by atomic mass is 10.2. The lowest BCUT2D eigenvalue weighted by Gasteiger charge is -2.08. The van der Waals surface area contributed by atoms with Gasteiger partial charge in [-0.25, -0.2) is 4.98 Å². The molecule has 0 saturated heterocycles. The van der Waals surface area contributed by atoms with Crippen molar-refractivity contribution >= 4 is 5.82 Å². The number of anilines is 1. The van der Waals surface area contributed by atoms with Crippen LogP contribution in [0.5, 0.6) is 5.88 Å². The second-order valence-corrected chi connectivity index (χ2v) is 4.42. The first-order valence-electron chi connectivity index (χ1n) is 6.98. The van der Waals surface area contributed by atoms with Crippen molar-refractivity contribution < 1.29 is 4.74 Å². The smallest absolute Gasteiger partial charge is 0.218 e. The molecule has 1 rings (SSSR count). The van der Waals surface area contributed by atoms with Crippen molar-refractivity contribution in [3.8, 4) is 5.88 Å². The van der Waals surface area contributed by atoms with Crippen LogP contribution in [-0.4, -0.2) is 23.6 Å². The van der Waals surface area contributed by atoms with Crippen LogP contribution >= 0.6 is 0 Å². The minimum atomic E-state index is 0.689. The molecule has 1 aromatic heterocycles. The Labute approximate surface area is 110 Å². The van der Waals surface area contributed by atoms with Gasteiger partial charge in [-0.05, 0) is 12.8 Å². The molecular formula is C14H25N3O. The zero-order valence-corrected chi connectivity index (χ0v) is 11.8. The van der Waals surface area contributed by atoms with E-state index in [-0.39, 0.29) is 0 Å². The van der Waals surface area contributed by atoms with E-state index in [0.717, 1.165) is 37.5 Å². The normalized spacial score (nSPS) is 10.4. The molecule has 0 unspecified atom stereocenters. The third kappa shape index (κ3) is 5.34. The Morgan fingerprint density at radius 2 is 1.94 bits per heavy atom. The predicted molar refractivity (Wildman–Crippen MR) is 75.2 cm³/mol. The first-order chi connectivity index (χ1) is 8.80. The van der Waals surface area contributed by atoms with Gasteiger partial charge in [0.25, 0.3) is 0 Å². The average Bonchev–Trinajstić information content (AvgIpc) is 2.38. The number of aryl methyl sites for hydroxylation is 1. The van der Waals surface area contributed by atoms with Crippen LogP contribution in [-0.2, 0) is 6.42 Å². The van der Waals surface area contributed by atoms with Crippen LogP contribution in [0.3, 0.4) is 0 Å². The highest BCUT2D eigenvalue weighted by Gasteiger charge is 2.04. The molecule has 0 bridgehead atoms. The molecule has 1 heterocycles. The Bertz CT molecular complexity index is 342. The topological polar surface area (TPSA) is 47.0 Å². The summed E-state index contributed by atoms with van der Waals surface area (Å²) in [5.74, 6) is 2.37. The second-order valence-electron chi connectivity index (χ2n) is 4.42. The van der Waals surface area contributed by atoms with Crippen molar-refractivity contribution in [1.29, 1.82) is 0 Å². The van der Waals surface area contributed by atoms with Gasteiger partial charge >= 0.3 is 0 Å². The van der Waals surface area contributed by atoms with Crippen LogP contribution in [0.1, 0.15) is 51.8 Å². The summed E-state index contributed by atoms with van der Waals surface area (Å²) in [6.45, 7) is 5.08. The number of rotatable bonds is 9. The van der Waals surface area contributed by atoms with Crippen LogP contribution in [0.4, 0.5) is 5.82 Å². The summed E-state index contributed by atoms with van der Waals surface area (Å²) < 4.78 is 5.69. The van der Waals surface area contributed by atoms with Gasteiger partial charge in [-0.2, -0.15) is 4.98 Å². The van der Waals surface area contributed by atoms with E-state index in [0.29, 0.717) is 5.88 Å². The highest BCUT2D eigenvalue weighted by Crippen LogP contribution is 2.14. The van der Waals surface area contributed by atoms with Gasteiger partial charge < -0.3 is 10.1 Å². The van der Waals surface area contributed by atoms with E-state index in [9.17, 15) is 0 Å².